The summed E-state index contributed by atoms with van der Waals surface area (Å²) in [6, 6.07) is 16.0. The third-order valence-electron chi connectivity index (χ3n) is 4.38. The second-order valence-corrected chi connectivity index (χ2v) is 6.43. The molecule has 0 radical (unpaired) electrons. The van der Waals surface area contributed by atoms with Gasteiger partial charge in [0.15, 0.2) is 0 Å². The van der Waals surface area contributed by atoms with Crippen LogP contribution in [0.25, 0.3) is 10.9 Å². The van der Waals surface area contributed by atoms with Gasteiger partial charge in [0.2, 0.25) is 5.91 Å². The van der Waals surface area contributed by atoms with Crippen molar-refractivity contribution >= 4 is 40.8 Å². The number of carbonyl (C=O) groups is 1. The molecule has 0 aliphatic heterocycles. The zero-order valence-electron chi connectivity index (χ0n) is 14.6. The Morgan fingerprint density at radius 1 is 1.12 bits per heavy atom. The van der Waals surface area contributed by atoms with Crippen LogP contribution in [-0.4, -0.2) is 31.0 Å². The molecular weight excluding hydrogens is 369 g/mol. The summed E-state index contributed by atoms with van der Waals surface area (Å²) in [7, 11) is 1.84. The zero-order chi connectivity index (χ0) is 17.6. The van der Waals surface area contributed by atoms with Gasteiger partial charge in [-0.05, 0) is 30.3 Å². The number of hydrogen-bond acceptors (Lipinski definition) is 2. The van der Waals surface area contributed by atoms with Crippen LogP contribution in [0.15, 0.2) is 54.7 Å². The minimum Gasteiger partial charge on any atom is -0.361 e. The predicted molar refractivity (Wildman–Crippen MR) is 110 cm³/mol. The van der Waals surface area contributed by atoms with Crippen molar-refractivity contribution in [2.75, 3.05) is 20.1 Å². The van der Waals surface area contributed by atoms with Gasteiger partial charge in [-0.1, -0.05) is 48.0 Å². The molecule has 0 bridgehead atoms. The van der Waals surface area contributed by atoms with E-state index in [-0.39, 0.29) is 24.2 Å². The number of halogens is 2. The van der Waals surface area contributed by atoms with Crippen molar-refractivity contribution in [1.29, 1.82) is 0 Å². The monoisotopic (exact) mass is 391 g/mol. The van der Waals surface area contributed by atoms with Gasteiger partial charge < -0.3 is 15.6 Å². The van der Waals surface area contributed by atoms with Gasteiger partial charge >= 0.3 is 0 Å². The molecule has 1 heterocycles. The van der Waals surface area contributed by atoms with Crippen LogP contribution in [0.3, 0.4) is 0 Å². The number of para-hydroxylation sites is 1. The van der Waals surface area contributed by atoms with E-state index in [9.17, 15) is 4.79 Å². The van der Waals surface area contributed by atoms with Gasteiger partial charge in [0, 0.05) is 47.6 Å². The molecule has 3 aromatic rings. The van der Waals surface area contributed by atoms with Crippen LogP contribution in [0.5, 0.6) is 0 Å². The fourth-order valence-corrected chi connectivity index (χ4v) is 3.34. The van der Waals surface area contributed by atoms with E-state index >= 15 is 0 Å². The molecule has 0 aliphatic rings. The number of benzene rings is 2. The minimum absolute atomic E-state index is 0. The van der Waals surface area contributed by atoms with Crippen molar-refractivity contribution in [3.8, 4) is 0 Å². The van der Waals surface area contributed by atoms with Crippen molar-refractivity contribution in [1.82, 2.24) is 15.6 Å². The molecular formula is C20H23Cl2N3O. The number of rotatable bonds is 7. The lowest BCUT2D eigenvalue weighted by molar-refractivity contribution is -0.121. The average molecular weight is 392 g/mol. The highest BCUT2D eigenvalue weighted by atomic mass is 35.5. The number of H-pyrrole nitrogens is 1. The van der Waals surface area contributed by atoms with E-state index in [0.29, 0.717) is 24.5 Å². The van der Waals surface area contributed by atoms with Gasteiger partial charge in [0.1, 0.15) is 0 Å². The van der Waals surface area contributed by atoms with E-state index in [4.69, 9.17) is 11.6 Å². The highest BCUT2D eigenvalue weighted by molar-refractivity contribution is 6.31. The first-order valence-electron chi connectivity index (χ1n) is 8.42. The van der Waals surface area contributed by atoms with Crippen LogP contribution in [0.4, 0.5) is 0 Å². The van der Waals surface area contributed by atoms with E-state index in [2.05, 4.69) is 21.7 Å². The molecule has 4 nitrogen and oxygen atoms in total. The Hall–Kier alpha value is -2.01. The maximum Gasteiger partial charge on any atom is 0.221 e. The van der Waals surface area contributed by atoms with E-state index in [1.807, 2.05) is 55.7 Å². The van der Waals surface area contributed by atoms with Crippen molar-refractivity contribution in [3.05, 3.63) is 70.9 Å². The van der Waals surface area contributed by atoms with Gasteiger partial charge in [-0.15, -0.1) is 12.4 Å². The molecule has 1 unspecified atom stereocenters. The lowest BCUT2D eigenvalue weighted by Crippen LogP contribution is -2.30. The largest absolute Gasteiger partial charge is 0.361 e. The Kier molecular flexibility index (Phi) is 7.51. The molecule has 26 heavy (non-hydrogen) atoms. The summed E-state index contributed by atoms with van der Waals surface area (Å²) in [5, 5.41) is 7.90. The normalized spacial score (nSPS) is 11.8. The van der Waals surface area contributed by atoms with E-state index in [1.165, 1.54) is 0 Å². The van der Waals surface area contributed by atoms with Crippen LogP contribution in [0.2, 0.25) is 5.02 Å². The maximum atomic E-state index is 12.1. The molecule has 1 aromatic heterocycles. The quantitative estimate of drug-likeness (QED) is 0.567. The zero-order valence-corrected chi connectivity index (χ0v) is 16.2. The van der Waals surface area contributed by atoms with Crippen molar-refractivity contribution in [2.45, 2.75) is 12.3 Å². The van der Waals surface area contributed by atoms with E-state index < -0.39 is 0 Å². The first kappa shape index (κ1) is 20.3. The van der Waals surface area contributed by atoms with Crippen LogP contribution in [0, 0.1) is 0 Å². The van der Waals surface area contributed by atoms with Gasteiger partial charge in [-0.25, -0.2) is 0 Å². The molecule has 2 aromatic carbocycles. The number of aromatic nitrogens is 1. The Labute approximate surface area is 164 Å². The topological polar surface area (TPSA) is 56.9 Å². The fourth-order valence-electron chi connectivity index (χ4n) is 3.07. The molecule has 1 amide bonds. The smallest absolute Gasteiger partial charge is 0.221 e. The molecule has 0 saturated heterocycles. The number of aromatic amines is 1. The molecule has 138 valence electrons. The van der Waals surface area contributed by atoms with Crippen molar-refractivity contribution in [3.63, 3.8) is 0 Å². The van der Waals surface area contributed by atoms with Crippen LogP contribution < -0.4 is 10.6 Å². The van der Waals surface area contributed by atoms with E-state index in [0.717, 1.165) is 22.0 Å². The molecule has 3 N–H and O–H groups in total. The molecule has 6 heteroatoms. The van der Waals surface area contributed by atoms with Crippen LogP contribution in [-0.2, 0) is 4.79 Å². The fraction of sp³-hybridized carbons (Fsp3) is 0.250. The van der Waals surface area contributed by atoms with Crippen LogP contribution >= 0.6 is 24.0 Å². The standard InChI is InChI=1S/C20H22ClN3O.ClH/c1-22-11-10-20(25)24-13-16(14-6-2-4-8-18(14)21)17-12-23-19-9-5-3-7-15(17)19;/h2-9,12,16,22-23H,10-11,13H2,1H3,(H,24,25);1H. The number of carbonyl (C=O) groups excluding carboxylic acids is 1. The van der Waals surface area contributed by atoms with E-state index in [1.54, 1.807) is 0 Å². The summed E-state index contributed by atoms with van der Waals surface area (Å²) in [5.74, 6) is 0.0228. The van der Waals surface area contributed by atoms with Gasteiger partial charge in [-0.3, -0.25) is 4.79 Å². The molecule has 0 saturated carbocycles. The highest BCUT2D eigenvalue weighted by Gasteiger charge is 2.21. The number of hydrogen-bond donors (Lipinski definition) is 3. The summed E-state index contributed by atoms with van der Waals surface area (Å²) in [6.45, 7) is 1.17. The molecule has 0 fully saturated rings. The third kappa shape index (κ3) is 4.58. The Morgan fingerprint density at radius 2 is 1.85 bits per heavy atom. The second-order valence-electron chi connectivity index (χ2n) is 6.02. The number of nitrogens with one attached hydrogen (secondary N) is 3. The second kappa shape index (κ2) is 9.62. The first-order valence-corrected chi connectivity index (χ1v) is 8.80. The summed E-state index contributed by atoms with van der Waals surface area (Å²) < 4.78 is 0. The first-order chi connectivity index (χ1) is 12.2. The summed E-state index contributed by atoms with van der Waals surface area (Å²) >= 11 is 6.45. The van der Waals surface area contributed by atoms with Crippen molar-refractivity contribution < 1.29 is 4.79 Å². The average Bonchev–Trinajstić information content (AvgIpc) is 3.05. The summed E-state index contributed by atoms with van der Waals surface area (Å²) in [5.41, 5.74) is 3.23. The van der Waals surface area contributed by atoms with Gasteiger partial charge in [0.25, 0.3) is 0 Å². The molecule has 3 rings (SSSR count). The Balaban J connectivity index is 0.00000243. The molecule has 0 aliphatic carbocycles. The predicted octanol–water partition coefficient (Wildman–Crippen LogP) is 4.10. The third-order valence-corrected chi connectivity index (χ3v) is 4.73. The van der Waals surface area contributed by atoms with Crippen LogP contribution in [0.1, 0.15) is 23.5 Å². The Morgan fingerprint density at radius 3 is 2.62 bits per heavy atom. The maximum absolute atomic E-state index is 12.1. The van der Waals surface area contributed by atoms with Crippen molar-refractivity contribution in [2.24, 2.45) is 0 Å². The molecule has 0 spiro atoms. The number of fused-ring (bicyclic) bond motifs is 1. The minimum atomic E-state index is -0.0108. The summed E-state index contributed by atoms with van der Waals surface area (Å²) in [4.78, 5) is 15.4. The Bertz CT molecular complexity index is 863. The van der Waals surface area contributed by atoms with Gasteiger partial charge in [-0.2, -0.15) is 0 Å². The highest BCUT2D eigenvalue weighted by Crippen LogP contribution is 2.33. The number of amides is 1. The molecule has 1 atom stereocenters. The van der Waals surface area contributed by atoms with Gasteiger partial charge in [0.05, 0.1) is 0 Å². The lowest BCUT2D eigenvalue weighted by atomic mass is 9.90. The SMILES string of the molecule is CNCCC(=O)NCC(c1ccccc1Cl)c1c[nH]c2ccccc12.Cl. The summed E-state index contributed by atoms with van der Waals surface area (Å²) in [6.07, 6.45) is 2.47. The lowest BCUT2D eigenvalue weighted by Gasteiger charge is -2.19.